The van der Waals surface area contributed by atoms with Gasteiger partial charge in [-0.3, -0.25) is 14.2 Å². The summed E-state index contributed by atoms with van der Waals surface area (Å²) in [6.07, 6.45) is 0. The zero-order chi connectivity index (χ0) is 21.3. The minimum atomic E-state index is -0.0174. The van der Waals surface area contributed by atoms with Crippen molar-refractivity contribution in [3.05, 3.63) is 58.5 Å². The molecule has 0 saturated heterocycles. The van der Waals surface area contributed by atoms with E-state index >= 15 is 0 Å². The molecule has 4 aromatic rings. The van der Waals surface area contributed by atoms with Crippen molar-refractivity contribution in [2.45, 2.75) is 40.7 Å². The number of aromatic amines is 1. The first kappa shape index (κ1) is 20.5. The largest absolute Gasteiger partial charge is 0.382 e. The highest BCUT2D eigenvalue weighted by Crippen LogP contribution is 2.36. The zero-order valence-corrected chi connectivity index (χ0v) is 17.9. The average Bonchev–Trinajstić information content (AvgIpc) is 3.21. The van der Waals surface area contributed by atoms with E-state index in [0.717, 1.165) is 33.4 Å². The molecule has 0 amide bonds. The van der Waals surface area contributed by atoms with Gasteiger partial charge in [-0.05, 0) is 44.5 Å². The number of H-pyrrole nitrogens is 1. The second kappa shape index (κ2) is 7.99. The summed E-state index contributed by atoms with van der Waals surface area (Å²) in [4.78, 5) is 12.6. The van der Waals surface area contributed by atoms with E-state index in [1.165, 1.54) is 5.56 Å². The van der Waals surface area contributed by atoms with Crippen LogP contribution in [0.2, 0.25) is 0 Å². The van der Waals surface area contributed by atoms with Gasteiger partial charge in [0.2, 0.25) is 0 Å². The Hall–Kier alpha value is -3.28. The Bertz CT molecular complexity index is 1210. The predicted octanol–water partition coefficient (Wildman–Crippen LogP) is 4.89. The van der Waals surface area contributed by atoms with Crippen molar-refractivity contribution in [2.24, 2.45) is 7.05 Å². The van der Waals surface area contributed by atoms with Crippen LogP contribution < -0.4 is 11.4 Å². The van der Waals surface area contributed by atoms with Gasteiger partial charge in [-0.15, -0.1) is 0 Å². The summed E-state index contributed by atoms with van der Waals surface area (Å²) >= 11 is 0. The van der Waals surface area contributed by atoms with Gasteiger partial charge in [0.05, 0.1) is 22.3 Å². The SMILES string of the molecule is CC.Cc1cccc(-c2[nH]nc(N)c2-c2ccc3c(c2)n(C)c(=O)n3C(C)C)c1. The number of nitrogens with two attached hydrogens (primary N) is 1. The number of aromatic nitrogens is 4. The van der Waals surface area contributed by atoms with Crippen LogP contribution in [0.3, 0.4) is 0 Å². The number of rotatable bonds is 3. The molecular formula is C23H29N5O. The lowest BCUT2D eigenvalue weighted by Crippen LogP contribution is -2.23. The molecule has 0 radical (unpaired) electrons. The Kier molecular flexibility index (Phi) is 5.64. The maximum atomic E-state index is 12.6. The van der Waals surface area contributed by atoms with Crippen LogP contribution in [0.15, 0.2) is 47.3 Å². The van der Waals surface area contributed by atoms with Crippen LogP contribution in [0, 0.1) is 6.92 Å². The third-order valence-electron chi connectivity index (χ3n) is 5.00. The highest BCUT2D eigenvalue weighted by Gasteiger charge is 2.18. The Balaban J connectivity index is 0.00000117. The Morgan fingerprint density at radius 1 is 1.03 bits per heavy atom. The monoisotopic (exact) mass is 391 g/mol. The number of aryl methyl sites for hydroxylation is 2. The molecule has 4 rings (SSSR count). The second-order valence-electron chi connectivity index (χ2n) is 7.24. The Morgan fingerprint density at radius 2 is 1.76 bits per heavy atom. The van der Waals surface area contributed by atoms with Crippen molar-refractivity contribution < 1.29 is 0 Å². The van der Waals surface area contributed by atoms with Crippen molar-refractivity contribution in [1.82, 2.24) is 19.3 Å². The second-order valence-corrected chi connectivity index (χ2v) is 7.24. The first-order chi connectivity index (χ1) is 13.9. The van der Waals surface area contributed by atoms with Crippen molar-refractivity contribution in [1.29, 1.82) is 0 Å². The lowest BCUT2D eigenvalue weighted by molar-refractivity contribution is 0.583. The fourth-order valence-corrected chi connectivity index (χ4v) is 3.68. The van der Waals surface area contributed by atoms with E-state index in [1.807, 2.05) is 58.0 Å². The molecule has 0 bridgehead atoms. The smallest absolute Gasteiger partial charge is 0.329 e. The minimum absolute atomic E-state index is 0.0174. The molecule has 0 aliphatic heterocycles. The molecule has 0 saturated carbocycles. The fraction of sp³-hybridized carbons (Fsp3) is 0.304. The Morgan fingerprint density at radius 3 is 2.41 bits per heavy atom. The van der Waals surface area contributed by atoms with Gasteiger partial charge >= 0.3 is 5.69 Å². The highest BCUT2D eigenvalue weighted by atomic mass is 16.1. The molecule has 0 atom stereocenters. The summed E-state index contributed by atoms with van der Waals surface area (Å²) in [5, 5.41) is 7.30. The first-order valence-electron chi connectivity index (χ1n) is 10.0. The van der Waals surface area contributed by atoms with E-state index in [2.05, 4.69) is 29.3 Å². The number of anilines is 1. The molecule has 0 unspecified atom stereocenters. The lowest BCUT2D eigenvalue weighted by Gasteiger charge is -2.08. The average molecular weight is 392 g/mol. The molecule has 0 fully saturated rings. The topological polar surface area (TPSA) is 81.6 Å². The van der Waals surface area contributed by atoms with E-state index in [4.69, 9.17) is 5.73 Å². The fourth-order valence-electron chi connectivity index (χ4n) is 3.68. The normalized spacial score (nSPS) is 11.0. The van der Waals surface area contributed by atoms with Crippen molar-refractivity contribution in [3.63, 3.8) is 0 Å². The molecule has 152 valence electrons. The van der Waals surface area contributed by atoms with Crippen LogP contribution in [0.25, 0.3) is 33.4 Å². The molecular weight excluding hydrogens is 362 g/mol. The molecule has 0 aliphatic carbocycles. The summed E-state index contributed by atoms with van der Waals surface area (Å²) in [6, 6.07) is 14.3. The van der Waals surface area contributed by atoms with Crippen molar-refractivity contribution >= 4 is 16.9 Å². The molecule has 2 heterocycles. The maximum Gasteiger partial charge on any atom is 0.329 e. The zero-order valence-electron chi connectivity index (χ0n) is 17.9. The van der Waals surface area contributed by atoms with Crippen LogP contribution in [-0.4, -0.2) is 19.3 Å². The quantitative estimate of drug-likeness (QED) is 0.521. The van der Waals surface area contributed by atoms with Crippen LogP contribution in [0.1, 0.15) is 39.3 Å². The number of benzene rings is 2. The minimum Gasteiger partial charge on any atom is -0.382 e. The van der Waals surface area contributed by atoms with Gasteiger partial charge in [0.25, 0.3) is 0 Å². The summed E-state index contributed by atoms with van der Waals surface area (Å²) in [5.74, 6) is 0.444. The van der Waals surface area contributed by atoms with Crippen LogP contribution in [0.5, 0.6) is 0 Å². The summed E-state index contributed by atoms with van der Waals surface area (Å²) in [7, 11) is 1.80. The van der Waals surface area contributed by atoms with E-state index in [9.17, 15) is 4.79 Å². The van der Waals surface area contributed by atoms with E-state index in [-0.39, 0.29) is 11.7 Å². The number of fused-ring (bicyclic) bond motifs is 1. The number of nitrogens with zero attached hydrogens (tertiary/aromatic N) is 3. The van der Waals surface area contributed by atoms with Crippen LogP contribution in [0.4, 0.5) is 5.82 Å². The van der Waals surface area contributed by atoms with E-state index in [1.54, 1.807) is 16.2 Å². The molecule has 2 aromatic carbocycles. The number of imidazole rings is 1. The molecule has 6 nitrogen and oxygen atoms in total. The molecule has 0 aliphatic rings. The maximum absolute atomic E-state index is 12.6. The first-order valence-corrected chi connectivity index (χ1v) is 10.0. The molecule has 6 heteroatoms. The van der Waals surface area contributed by atoms with Gasteiger partial charge in [-0.1, -0.05) is 43.7 Å². The van der Waals surface area contributed by atoms with Crippen LogP contribution in [-0.2, 0) is 7.05 Å². The van der Waals surface area contributed by atoms with Gasteiger partial charge < -0.3 is 5.73 Å². The van der Waals surface area contributed by atoms with Gasteiger partial charge in [-0.25, -0.2) is 4.79 Å². The predicted molar refractivity (Wildman–Crippen MR) is 121 cm³/mol. The summed E-state index contributed by atoms with van der Waals surface area (Å²) in [5.41, 5.74) is 12.8. The number of nitrogen functional groups attached to an aromatic ring is 1. The highest BCUT2D eigenvalue weighted by molar-refractivity contribution is 5.92. The van der Waals surface area contributed by atoms with Crippen molar-refractivity contribution in [2.75, 3.05) is 5.73 Å². The third kappa shape index (κ3) is 3.46. The number of nitrogens with one attached hydrogen (secondary N) is 1. The third-order valence-corrected chi connectivity index (χ3v) is 5.00. The molecule has 3 N–H and O–H groups in total. The van der Waals surface area contributed by atoms with E-state index in [0.29, 0.717) is 5.82 Å². The van der Waals surface area contributed by atoms with E-state index < -0.39 is 0 Å². The lowest BCUT2D eigenvalue weighted by atomic mass is 9.99. The van der Waals surface area contributed by atoms with Gasteiger partial charge in [0.1, 0.15) is 0 Å². The van der Waals surface area contributed by atoms with Crippen molar-refractivity contribution in [3.8, 4) is 22.4 Å². The van der Waals surface area contributed by atoms with Gasteiger partial charge in [-0.2, -0.15) is 5.10 Å². The van der Waals surface area contributed by atoms with Gasteiger partial charge in [0, 0.05) is 18.7 Å². The Labute approximate surface area is 171 Å². The standard InChI is InChI=1S/C21H23N5O.C2H6/c1-12(2)26-16-9-8-14(11-17(16)25(4)21(26)27)18-19(23-24-20(18)22)15-7-5-6-13(3)10-15;1-2/h5-12H,1-4H3,(H3,22,23,24);1-2H3. The summed E-state index contributed by atoms with van der Waals surface area (Å²) < 4.78 is 3.49. The number of hydrogen-bond donors (Lipinski definition) is 2. The summed E-state index contributed by atoms with van der Waals surface area (Å²) in [6.45, 7) is 10.1. The number of hydrogen-bond acceptors (Lipinski definition) is 3. The molecule has 2 aromatic heterocycles. The van der Waals surface area contributed by atoms with Gasteiger partial charge in [0.15, 0.2) is 5.82 Å². The molecule has 0 spiro atoms. The molecule has 29 heavy (non-hydrogen) atoms. The van der Waals surface area contributed by atoms with Crippen LogP contribution >= 0.6 is 0 Å².